The molecule has 7 nitrogen and oxygen atoms in total. The number of carbonyl (C=O) groups excluding carboxylic acids is 2. The molecular formula is C24H26N4O3S. The molecule has 1 fully saturated rings. The van der Waals surface area contributed by atoms with Gasteiger partial charge in [-0.15, -0.1) is 10.2 Å². The van der Waals surface area contributed by atoms with Crippen LogP contribution in [0.3, 0.4) is 0 Å². The standard InChI is InChI=1S/C24H26N4O3S/c1-3-31-20-10-6-18(7-11-20)24(30)28-14-12-17(13-15-28)22-26-27-23(32-22)21(29)25-19-8-4-16(2)5-9-19/h4-11,17H,3,12-15H2,1-2H3,(H,25,29). The summed E-state index contributed by atoms with van der Waals surface area (Å²) in [5.41, 5.74) is 2.53. The van der Waals surface area contributed by atoms with Gasteiger partial charge in [0.1, 0.15) is 10.8 Å². The Labute approximate surface area is 191 Å². The highest BCUT2D eigenvalue weighted by atomic mass is 32.1. The molecule has 32 heavy (non-hydrogen) atoms. The van der Waals surface area contributed by atoms with Gasteiger partial charge in [0.25, 0.3) is 11.8 Å². The van der Waals surface area contributed by atoms with E-state index in [2.05, 4.69) is 15.5 Å². The molecule has 0 bridgehead atoms. The molecule has 8 heteroatoms. The number of nitrogens with zero attached hydrogens (tertiary/aromatic N) is 3. The molecule has 1 saturated heterocycles. The number of hydrogen-bond acceptors (Lipinski definition) is 6. The van der Waals surface area contributed by atoms with Crippen molar-refractivity contribution in [1.29, 1.82) is 0 Å². The Morgan fingerprint density at radius 2 is 1.75 bits per heavy atom. The number of amides is 2. The second-order valence-corrected chi connectivity index (χ2v) is 8.80. The number of anilines is 1. The van der Waals surface area contributed by atoms with Gasteiger partial charge in [0.05, 0.1) is 6.61 Å². The summed E-state index contributed by atoms with van der Waals surface area (Å²) in [5, 5.41) is 12.4. The number of hydrogen-bond donors (Lipinski definition) is 1. The van der Waals surface area contributed by atoms with Crippen LogP contribution in [0.5, 0.6) is 5.75 Å². The third-order valence-corrected chi connectivity index (χ3v) is 6.57. The molecule has 2 heterocycles. The molecule has 1 aromatic heterocycles. The zero-order chi connectivity index (χ0) is 22.5. The summed E-state index contributed by atoms with van der Waals surface area (Å²) in [6.07, 6.45) is 1.61. The fraction of sp³-hybridized carbons (Fsp3) is 0.333. The van der Waals surface area contributed by atoms with Crippen molar-refractivity contribution < 1.29 is 14.3 Å². The molecule has 1 aliphatic rings. The molecule has 1 aliphatic heterocycles. The Morgan fingerprint density at radius 1 is 1.06 bits per heavy atom. The van der Waals surface area contributed by atoms with E-state index in [1.807, 2.05) is 67.3 Å². The molecule has 0 atom stereocenters. The molecule has 4 rings (SSSR count). The van der Waals surface area contributed by atoms with Gasteiger partial charge < -0.3 is 15.0 Å². The maximum absolute atomic E-state index is 12.8. The lowest BCUT2D eigenvalue weighted by molar-refractivity contribution is 0.0712. The summed E-state index contributed by atoms with van der Waals surface area (Å²) in [6.45, 7) is 5.84. The van der Waals surface area contributed by atoms with Crippen LogP contribution in [0.1, 0.15) is 56.4 Å². The van der Waals surface area contributed by atoms with E-state index in [1.165, 1.54) is 11.3 Å². The summed E-state index contributed by atoms with van der Waals surface area (Å²) < 4.78 is 5.44. The summed E-state index contributed by atoms with van der Waals surface area (Å²) in [4.78, 5) is 27.2. The van der Waals surface area contributed by atoms with E-state index in [4.69, 9.17) is 4.74 Å². The fourth-order valence-electron chi connectivity index (χ4n) is 3.69. The van der Waals surface area contributed by atoms with Crippen molar-refractivity contribution in [3.63, 3.8) is 0 Å². The van der Waals surface area contributed by atoms with Crippen molar-refractivity contribution >= 4 is 28.8 Å². The number of carbonyl (C=O) groups is 2. The summed E-state index contributed by atoms with van der Waals surface area (Å²) in [5.74, 6) is 0.752. The summed E-state index contributed by atoms with van der Waals surface area (Å²) in [7, 11) is 0. The predicted molar refractivity (Wildman–Crippen MR) is 125 cm³/mol. The topological polar surface area (TPSA) is 84.4 Å². The highest BCUT2D eigenvalue weighted by Gasteiger charge is 2.27. The van der Waals surface area contributed by atoms with Crippen molar-refractivity contribution in [2.75, 3.05) is 25.0 Å². The number of aryl methyl sites for hydroxylation is 1. The zero-order valence-corrected chi connectivity index (χ0v) is 19.0. The molecular weight excluding hydrogens is 424 g/mol. The van der Waals surface area contributed by atoms with Crippen molar-refractivity contribution in [1.82, 2.24) is 15.1 Å². The maximum atomic E-state index is 12.8. The quantitative estimate of drug-likeness (QED) is 0.597. The molecule has 1 N–H and O–H groups in total. The first kappa shape index (κ1) is 22.0. The van der Waals surface area contributed by atoms with Crippen molar-refractivity contribution in [3.8, 4) is 5.75 Å². The minimum atomic E-state index is -0.249. The molecule has 2 aromatic carbocycles. The molecule has 166 valence electrons. The van der Waals surface area contributed by atoms with E-state index in [0.29, 0.717) is 30.3 Å². The Hall–Kier alpha value is -3.26. The number of nitrogens with one attached hydrogen (secondary N) is 1. The van der Waals surface area contributed by atoms with E-state index in [0.717, 1.165) is 34.8 Å². The number of benzene rings is 2. The SMILES string of the molecule is CCOc1ccc(C(=O)N2CCC(c3nnc(C(=O)Nc4ccc(C)cc4)s3)CC2)cc1. The van der Waals surface area contributed by atoms with Gasteiger partial charge in [-0.25, -0.2) is 0 Å². The lowest BCUT2D eigenvalue weighted by Gasteiger charge is -2.31. The van der Waals surface area contributed by atoms with E-state index in [1.54, 1.807) is 0 Å². The highest BCUT2D eigenvalue weighted by Crippen LogP contribution is 2.31. The predicted octanol–water partition coefficient (Wildman–Crippen LogP) is 4.52. The van der Waals surface area contributed by atoms with Crippen LogP contribution < -0.4 is 10.1 Å². The van der Waals surface area contributed by atoms with Crippen LogP contribution in [0.15, 0.2) is 48.5 Å². The zero-order valence-electron chi connectivity index (χ0n) is 18.2. The number of likely N-dealkylation sites (tertiary alicyclic amines) is 1. The van der Waals surface area contributed by atoms with Crippen LogP contribution in [0.4, 0.5) is 5.69 Å². The Balaban J connectivity index is 1.32. The first-order valence-electron chi connectivity index (χ1n) is 10.8. The van der Waals surface area contributed by atoms with Gasteiger partial charge in [0, 0.05) is 30.3 Å². The third-order valence-electron chi connectivity index (χ3n) is 5.49. The van der Waals surface area contributed by atoms with Crippen LogP contribution in [0, 0.1) is 6.92 Å². The molecule has 0 spiro atoms. The van der Waals surface area contributed by atoms with E-state index in [9.17, 15) is 9.59 Å². The second kappa shape index (κ2) is 9.91. The highest BCUT2D eigenvalue weighted by molar-refractivity contribution is 7.13. The van der Waals surface area contributed by atoms with Crippen molar-refractivity contribution in [3.05, 3.63) is 69.7 Å². The summed E-state index contributed by atoms with van der Waals surface area (Å²) >= 11 is 1.33. The maximum Gasteiger partial charge on any atom is 0.286 e. The fourth-order valence-corrected chi connectivity index (χ4v) is 4.59. The van der Waals surface area contributed by atoms with Crippen molar-refractivity contribution in [2.45, 2.75) is 32.6 Å². The van der Waals surface area contributed by atoms with Gasteiger partial charge in [-0.05, 0) is 63.1 Å². The summed E-state index contributed by atoms with van der Waals surface area (Å²) in [6, 6.07) is 14.9. The van der Waals surface area contributed by atoms with Gasteiger partial charge in [-0.2, -0.15) is 0 Å². The average molecular weight is 451 g/mol. The van der Waals surface area contributed by atoms with Crippen LogP contribution in [-0.2, 0) is 0 Å². The largest absolute Gasteiger partial charge is 0.494 e. The average Bonchev–Trinajstić information content (AvgIpc) is 3.32. The minimum Gasteiger partial charge on any atom is -0.494 e. The monoisotopic (exact) mass is 450 g/mol. The Bertz CT molecular complexity index is 1070. The number of aromatic nitrogens is 2. The van der Waals surface area contributed by atoms with E-state index >= 15 is 0 Å². The van der Waals surface area contributed by atoms with Crippen LogP contribution in [-0.4, -0.2) is 46.6 Å². The first-order chi connectivity index (χ1) is 15.5. The van der Waals surface area contributed by atoms with Crippen LogP contribution in [0.25, 0.3) is 0 Å². The number of rotatable bonds is 6. The lowest BCUT2D eigenvalue weighted by atomic mass is 9.97. The van der Waals surface area contributed by atoms with E-state index < -0.39 is 0 Å². The number of ether oxygens (including phenoxy) is 1. The van der Waals surface area contributed by atoms with Gasteiger partial charge in [-0.3, -0.25) is 9.59 Å². The van der Waals surface area contributed by atoms with E-state index in [-0.39, 0.29) is 17.7 Å². The molecule has 0 radical (unpaired) electrons. The molecule has 0 unspecified atom stereocenters. The molecule has 0 aliphatic carbocycles. The molecule has 0 saturated carbocycles. The lowest BCUT2D eigenvalue weighted by Crippen LogP contribution is -2.37. The number of piperidine rings is 1. The third kappa shape index (κ3) is 5.13. The van der Waals surface area contributed by atoms with Crippen molar-refractivity contribution in [2.24, 2.45) is 0 Å². The second-order valence-electron chi connectivity index (χ2n) is 7.79. The Morgan fingerprint density at radius 3 is 2.41 bits per heavy atom. The van der Waals surface area contributed by atoms with Crippen LogP contribution in [0.2, 0.25) is 0 Å². The first-order valence-corrected chi connectivity index (χ1v) is 11.6. The smallest absolute Gasteiger partial charge is 0.286 e. The van der Waals surface area contributed by atoms with Gasteiger partial charge in [0.2, 0.25) is 5.01 Å². The minimum absolute atomic E-state index is 0.0296. The molecule has 2 amide bonds. The van der Waals surface area contributed by atoms with Gasteiger partial charge >= 0.3 is 0 Å². The van der Waals surface area contributed by atoms with Gasteiger partial charge in [0.15, 0.2) is 0 Å². The Kier molecular flexibility index (Phi) is 6.80. The van der Waals surface area contributed by atoms with Gasteiger partial charge in [-0.1, -0.05) is 29.0 Å². The van der Waals surface area contributed by atoms with Crippen LogP contribution >= 0.6 is 11.3 Å². The molecule has 3 aromatic rings. The normalized spacial score (nSPS) is 14.2.